The third kappa shape index (κ3) is 3.02. The van der Waals surface area contributed by atoms with Crippen LogP contribution in [0, 0.1) is 5.92 Å². The summed E-state index contributed by atoms with van der Waals surface area (Å²) in [5, 5.41) is 0. The minimum Gasteiger partial charge on any atom is -0.468 e. The van der Waals surface area contributed by atoms with Crippen LogP contribution in [0.3, 0.4) is 0 Å². The largest absolute Gasteiger partial charge is 0.468 e. The van der Waals surface area contributed by atoms with Gasteiger partial charge in [0.05, 0.1) is 12.3 Å². The van der Waals surface area contributed by atoms with Crippen molar-refractivity contribution < 1.29 is 14.0 Å². The molecule has 2 amide bonds. The number of piperidine rings is 1. The van der Waals surface area contributed by atoms with Crippen LogP contribution in [0.5, 0.6) is 0 Å². The molecule has 0 saturated carbocycles. The van der Waals surface area contributed by atoms with Gasteiger partial charge in [-0.3, -0.25) is 19.4 Å². The van der Waals surface area contributed by atoms with E-state index in [2.05, 4.69) is 11.8 Å². The number of nitrogens with zero attached hydrogens (tertiary/aromatic N) is 2. The third-order valence-corrected chi connectivity index (χ3v) is 4.61. The zero-order chi connectivity index (χ0) is 14.8. The second-order valence-corrected chi connectivity index (χ2v) is 6.14. The van der Waals surface area contributed by atoms with Gasteiger partial charge in [0.1, 0.15) is 5.76 Å². The first-order valence-corrected chi connectivity index (χ1v) is 7.76. The second kappa shape index (κ2) is 6.02. The smallest absolute Gasteiger partial charge is 0.229 e. The van der Waals surface area contributed by atoms with Gasteiger partial charge in [-0.15, -0.1) is 0 Å². The maximum atomic E-state index is 11.7. The van der Waals surface area contributed by atoms with Crippen molar-refractivity contribution in [3.05, 3.63) is 24.2 Å². The van der Waals surface area contributed by atoms with E-state index in [4.69, 9.17) is 4.42 Å². The van der Waals surface area contributed by atoms with E-state index >= 15 is 0 Å². The Morgan fingerprint density at radius 1 is 1.24 bits per heavy atom. The molecule has 5 nitrogen and oxygen atoms in total. The number of furan rings is 1. The lowest BCUT2D eigenvalue weighted by Crippen LogP contribution is -2.42. The monoisotopic (exact) mass is 290 g/mol. The molecule has 0 unspecified atom stereocenters. The summed E-state index contributed by atoms with van der Waals surface area (Å²) in [6, 6.07) is 4.19. The van der Waals surface area contributed by atoms with E-state index in [1.165, 1.54) is 4.90 Å². The minimum atomic E-state index is -0.0278. The van der Waals surface area contributed by atoms with Crippen molar-refractivity contribution in [1.29, 1.82) is 0 Å². The van der Waals surface area contributed by atoms with Crippen molar-refractivity contribution in [2.75, 3.05) is 19.6 Å². The molecular formula is C16H22N2O3. The molecule has 0 aromatic carbocycles. The van der Waals surface area contributed by atoms with E-state index < -0.39 is 0 Å². The van der Waals surface area contributed by atoms with Crippen LogP contribution in [-0.4, -0.2) is 41.2 Å². The van der Waals surface area contributed by atoms with Gasteiger partial charge in [0.15, 0.2) is 0 Å². The van der Waals surface area contributed by atoms with E-state index in [0.29, 0.717) is 25.3 Å². The zero-order valence-electron chi connectivity index (χ0n) is 12.5. The molecule has 2 fully saturated rings. The Morgan fingerprint density at radius 3 is 2.67 bits per heavy atom. The van der Waals surface area contributed by atoms with Crippen LogP contribution in [0.25, 0.3) is 0 Å². The quantitative estimate of drug-likeness (QED) is 0.798. The van der Waals surface area contributed by atoms with Crippen LogP contribution in [0.1, 0.15) is 44.4 Å². The second-order valence-electron chi connectivity index (χ2n) is 6.14. The molecule has 0 N–H and O–H groups in total. The standard InChI is InChI=1S/C16H22N2O3/c1-12-6-7-17(13(11-12)14-3-2-10-21-14)8-9-18-15(19)4-5-16(18)20/h2-3,10,12-13H,4-9,11H2,1H3/t12-,13+/m0/s1. The first-order chi connectivity index (χ1) is 10.1. The van der Waals surface area contributed by atoms with Gasteiger partial charge in [-0.1, -0.05) is 6.92 Å². The molecule has 21 heavy (non-hydrogen) atoms. The third-order valence-electron chi connectivity index (χ3n) is 4.61. The SMILES string of the molecule is C[C@H]1CCN(CCN2C(=O)CCC2=O)[C@@H](c2ccco2)C1. The van der Waals surface area contributed by atoms with Gasteiger partial charge >= 0.3 is 0 Å². The number of imide groups is 1. The number of carbonyl (C=O) groups is 2. The summed E-state index contributed by atoms with van der Waals surface area (Å²) in [7, 11) is 0. The van der Waals surface area contributed by atoms with Crippen LogP contribution >= 0.6 is 0 Å². The average molecular weight is 290 g/mol. The Kier molecular flexibility index (Phi) is 4.10. The van der Waals surface area contributed by atoms with Crippen molar-refractivity contribution in [1.82, 2.24) is 9.80 Å². The molecule has 5 heteroatoms. The van der Waals surface area contributed by atoms with Crippen molar-refractivity contribution in [3.63, 3.8) is 0 Å². The fourth-order valence-electron chi connectivity index (χ4n) is 3.34. The summed E-state index contributed by atoms with van der Waals surface area (Å²) in [6.45, 7) is 4.49. The van der Waals surface area contributed by atoms with Gasteiger partial charge in [-0.2, -0.15) is 0 Å². The van der Waals surface area contributed by atoms with E-state index in [-0.39, 0.29) is 17.9 Å². The fourth-order valence-corrected chi connectivity index (χ4v) is 3.34. The van der Waals surface area contributed by atoms with Crippen LogP contribution in [0.2, 0.25) is 0 Å². The Hall–Kier alpha value is -1.62. The van der Waals surface area contributed by atoms with Gasteiger partial charge in [0.2, 0.25) is 11.8 Å². The van der Waals surface area contributed by atoms with E-state index in [0.717, 1.165) is 31.7 Å². The molecule has 1 aromatic heterocycles. The number of rotatable bonds is 4. The lowest BCUT2D eigenvalue weighted by molar-refractivity contribution is -0.138. The summed E-state index contributed by atoms with van der Waals surface area (Å²) < 4.78 is 5.58. The summed E-state index contributed by atoms with van der Waals surface area (Å²) in [4.78, 5) is 27.1. The molecule has 2 atom stereocenters. The number of amides is 2. The van der Waals surface area contributed by atoms with Gasteiger partial charge < -0.3 is 4.42 Å². The summed E-state index contributed by atoms with van der Waals surface area (Å²) in [6.07, 6.45) is 4.67. The summed E-state index contributed by atoms with van der Waals surface area (Å²) >= 11 is 0. The van der Waals surface area contributed by atoms with Crippen LogP contribution in [0.15, 0.2) is 22.8 Å². The lowest BCUT2D eigenvalue weighted by Gasteiger charge is -2.38. The normalized spacial score (nSPS) is 27.6. The highest BCUT2D eigenvalue weighted by Gasteiger charge is 2.32. The van der Waals surface area contributed by atoms with E-state index in [9.17, 15) is 9.59 Å². The van der Waals surface area contributed by atoms with Gasteiger partial charge in [-0.25, -0.2) is 0 Å². The molecule has 3 heterocycles. The molecule has 0 aliphatic carbocycles. The Bertz CT molecular complexity index is 496. The molecule has 0 radical (unpaired) electrons. The van der Waals surface area contributed by atoms with Crippen LogP contribution in [0.4, 0.5) is 0 Å². The van der Waals surface area contributed by atoms with Gasteiger partial charge in [-0.05, 0) is 37.4 Å². The van der Waals surface area contributed by atoms with E-state index in [1.54, 1.807) is 6.26 Å². The minimum absolute atomic E-state index is 0.0278. The first-order valence-electron chi connectivity index (χ1n) is 7.76. The Morgan fingerprint density at radius 2 is 2.00 bits per heavy atom. The molecule has 2 saturated heterocycles. The highest BCUT2D eigenvalue weighted by molar-refractivity contribution is 6.01. The van der Waals surface area contributed by atoms with Gasteiger partial charge in [0.25, 0.3) is 0 Å². The molecule has 3 rings (SSSR count). The maximum absolute atomic E-state index is 11.7. The van der Waals surface area contributed by atoms with Crippen LogP contribution < -0.4 is 0 Å². The van der Waals surface area contributed by atoms with E-state index in [1.807, 2.05) is 12.1 Å². The molecule has 0 bridgehead atoms. The Balaban J connectivity index is 1.65. The zero-order valence-corrected chi connectivity index (χ0v) is 12.5. The van der Waals surface area contributed by atoms with Crippen molar-refractivity contribution in [3.8, 4) is 0 Å². The number of hydrogen-bond donors (Lipinski definition) is 0. The van der Waals surface area contributed by atoms with Crippen molar-refractivity contribution >= 4 is 11.8 Å². The number of likely N-dealkylation sites (tertiary alicyclic amines) is 2. The van der Waals surface area contributed by atoms with Crippen LogP contribution in [-0.2, 0) is 9.59 Å². The molecule has 0 spiro atoms. The molecule has 1 aromatic rings. The fraction of sp³-hybridized carbons (Fsp3) is 0.625. The van der Waals surface area contributed by atoms with Gasteiger partial charge in [0, 0.05) is 25.9 Å². The average Bonchev–Trinajstić information content (AvgIpc) is 3.09. The maximum Gasteiger partial charge on any atom is 0.229 e. The Labute approximate surface area is 124 Å². The number of hydrogen-bond acceptors (Lipinski definition) is 4. The lowest BCUT2D eigenvalue weighted by atomic mass is 9.91. The highest BCUT2D eigenvalue weighted by atomic mass is 16.3. The summed E-state index contributed by atoms with van der Waals surface area (Å²) in [5.41, 5.74) is 0. The number of carbonyl (C=O) groups excluding carboxylic acids is 2. The molecular weight excluding hydrogens is 268 g/mol. The molecule has 2 aliphatic heterocycles. The highest BCUT2D eigenvalue weighted by Crippen LogP contribution is 2.34. The van der Waals surface area contributed by atoms with Crippen molar-refractivity contribution in [2.45, 2.75) is 38.6 Å². The molecule has 2 aliphatic rings. The predicted molar refractivity (Wildman–Crippen MR) is 77.4 cm³/mol. The molecule has 114 valence electrons. The first kappa shape index (κ1) is 14.3. The van der Waals surface area contributed by atoms with Crippen molar-refractivity contribution in [2.24, 2.45) is 5.92 Å². The predicted octanol–water partition coefficient (Wildman–Crippen LogP) is 2.20. The topological polar surface area (TPSA) is 53.8 Å². The summed E-state index contributed by atoms with van der Waals surface area (Å²) in [5.74, 6) is 1.60.